The van der Waals surface area contributed by atoms with Crippen LogP contribution in [0, 0.1) is 19.8 Å². The second kappa shape index (κ2) is 10.3. The van der Waals surface area contributed by atoms with Crippen LogP contribution in [0.15, 0.2) is 36.7 Å². The Hall–Kier alpha value is -2.31. The van der Waals surface area contributed by atoms with Crippen LogP contribution in [0.4, 0.5) is 0 Å². The van der Waals surface area contributed by atoms with Gasteiger partial charge in [0.1, 0.15) is 0 Å². The number of likely N-dealkylation sites (tertiary alicyclic amines) is 2. The van der Waals surface area contributed by atoms with Crippen LogP contribution >= 0.6 is 0 Å². The fourth-order valence-corrected chi connectivity index (χ4v) is 4.91. The zero-order chi connectivity index (χ0) is 21.6. The van der Waals surface area contributed by atoms with Crippen molar-refractivity contribution >= 4 is 5.91 Å². The quantitative estimate of drug-likeness (QED) is 0.777. The summed E-state index contributed by atoms with van der Waals surface area (Å²) in [6.45, 7) is 9.98. The summed E-state index contributed by atoms with van der Waals surface area (Å²) in [6.07, 6.45) is 8.00. The van der Waals surface area contributed by atoms with Gasteiger partial charge in [0.2, 0.25) is 5.91 Å². The van der Waals surface area contributed by atoms with Crippen molar-refractivity contribution < 1.29 is 4.79 Å². The molecule has 0 spiro atoms. The molecule has 4 rings (SSSR count). The van der Waals surface area contributed by atoms with Gasteiger partial charge in [-0.15, -0.1) is 0 Å². The minimum absolute atomic E-state index is 0.144. The van der Waals surface area contributed by atoms with Crippen molar-refractivity contribution in [3.05, 3.63) is 59.2 Å². The Balaban J connectivity index is 1.18. The lowest BCUT2D eigenvalue weighted by Crippen LogP contribution is -2.49. The minimum atomic E-state index is 0.144. The van der Waals surface area contributed by atoms with Crippen molar-refractivity contribution in [2.24, 2.45) is 5.92 Å². The van der Waals surface area contributed by atoms with Gasteiger partial charge in [-0.1, -0.05) is 6.07 Å². The third-order valence-corrected chi connectivity index (χ3v) is 6.89. The molecule has 2 aliphatic heterocycles. The SMILES string of the molecule is Cc1cccc(CN2CCC(N3CCC(C(=O)NCc4ccncc4C)CC3)CC2)n1. The Morgan fingerprint density at radius 3 is 2.55 bits per heavy atom. The van der Waals surface area contributed by atoms with Crippen LogP contribution in [-0.4, -0.2) is 57.9 Å². The molecule has 1 N–H and O–H groups in total. The molecule has 6 nitrogen and oxygen atoms in total. The molecule has 0 saturated carbocycles. The highest BCUT2D eigenvalue weighted by atomic mass is 16.1. The molecule has 4 heterocycles. The predicted octanol–water partition coefficient (Wildman–Crippen LogP) is 3.09. The van der Waals surface area contributed by atoms with Crippen molar-refractivity contribution in [1.29, 1.82) is 0 Å². The van der Waals surface area contributed by atoms with Gasteiger partial charge in [0.15, 0.2) is 0 Å². The highest BCUT2D eigenvalue weighted by Gasteiger charge is 2.30. The van der Waals surface area contributed by atoms with Gasteiger partial charge in [-0.3, -0.25) is 19.7 Å². The lowest BCUT2D eigenvalue weighted by atomic mass is 9.92. The van der Waals surface area contributed by atoms with E-state index in [1.165, 1.54) is 18.5 Å². The van der Waals surface area contributed by atoms with E-state index in [-0.39, 0.29) is 11.8 Å². The summed E-state index contributed by atoms with van der Waals surface area (Å²) in [6, 6.07) is 8.93. The number of pyridine rings is 2. The number of aryl methyl sites for hydroxylation is 2. The molecule has 0 bridgehead atoms. The summed E-state index contributed by atoms with van der Waals surface area (Å²) in [4.78, 5) is 26.6. The lowest BCUT2D eigenvalue weighted by Gasteiger charge is -2.41. The Morgan fingerprint density at radius 2 is 1.84 bits per heavy atom. The Bertz CT molecular complexity index is 870. The molecule has 2 aliphatic rings. The number of carbonyl (C=O) groups excluding carboxylic acids is 1. The van der Waals surface area contributed by atoms with E-state index in [1.807, 2.05) is 19.2 Å². The predicted molar refractivity (Wildman–Crippen MR) is 122 cm³/mol. The third-order valence-electron chi connectivity index (χ3n) is 6.89. The van der Waals surface area contributed by atoms with Crippen LogP contribution in [-0.2, 0) is 17.9 Å². The maximum absolute atomic E-state index is 12.6. The number of amides is 1. The number of hydrogen-bond acceptors (Lipinski definition) is 5. The average molecular weight is 422 g/mol. The second-order valence-electron chi connectivity index (χ2n) is 9.11. The molecule has 0 aromatic carbocycles. The van der Waals surface area contributed by atoms with Gasteiger partial charge in [0.05, 0.1) is 5.69 Å². The molecular weight excluding hydrogens is 386 g/mol. The molecule has 0 aliphatic carbocycles. The van der Waals surface area contributed by atoms with Crippen molar-refractivity contribution in [2.75, 3.05) is 26.2 Å². The van der Waals surface area contributed by atoms with E-state index in [0.717, 1.165) is 62.4 Å². The lowest BCUT2D eigenvalue weighted by molar-refractivity contribution is -0.126. The number of aromatic nitrogens is 2. The number of rotatable bonds is 6. The smallest absolute Gasteiger partial charge is 0.223 e. The van der Waals surface area contributed by atoms with Gasteiger partial charge in [0, 0.05) is 56.2 Å². The van der Waals surface area contributed by atoms with E-state index in [1.54, 1.807) is 6.20 Å². The zero-order valence-corrected chi connectivity index (χ0v) is 18.9. The molecule has 2 fully saturated rings. The normalized spacial score (nSPS) is 19.4. The number of nitrogens with zero attached hydrogens (tertiary/aromatic N) is 4. The molecule has 2 aromatic heterocycles. The van der Waals surface area contributed by atoms with Gasteiger partial charge in [-0.2, -0.15) is 0 Å². The van der Waals surface area contributed by atoms with E-state index in [9.17, 15) is 4.79 Å². The summed E-state index contributed by atoms with van der Waals surface area (Å²) in [5.74, 6) is 0.349. The van der Waals surface area contributed by atoms with Gasteiger partial charge < -0.3 is 10.2 Å². The molecule has 2 aromatic rings. The summed E-state index contributed by atoms with van der Waals surface area (Å²) in [7, 11) is 0. The highest BCUT2D eigenvalue weighted by molar-refractivity contribution is 5.78. The maximum Gasteiger partial charge on any atom is 0.223 e. The van der Waals surface area contributed by atoms with Gasteiger partial charge in [-0.25, -0.2) is 0 Å². The molecule has 6 heteroatoms. The fourth-order valence-electron chi connectivity index (χ4n) is 4.91. The van der Waals surface area contributed by atoms with Crippen LogP contribution < -0.4 is 5.32 Å². The van der Waals surface area contributed by atoms with Crippen LogP contribution in [0.25, 0.3) is 0 Å². The van der Waals surface area contributed by atoms with Crippen LogP contribution in [0.1, 0.15) is 48.2 Å². The first-order valence-electron chi connectivity index (χ1n) is 11.6. The topological polar surface area (TPSA) is 61.4 Å². The number of hydrogen-bond donors (Lipinski definition) is 1. The van der Waals surface area contributed by atoms with Crippen molar-refractivity contribution in [1.82, 2.24) is 25.1 Å². The molecule has 2 saturated heterocycles. The molecular formula is C25H35N5O. The van der Waals surface area contributed by atoms with Crippen LogP contribution in [0.5, 0.6) is 0 Å². The Morgan fingerprint density at radius 1 is 1.06 bits per heavy atom. The van der Waals surface area contributed by atoms with Gasteiger partial charge in [-0.05, 0) is 81.9 Å². The zero-order valence-electron chi connectivity index (χ0n) is 18.9. The largest absolute Gasteiger partial charge is 0.352 e. The van der Waals surface area contributed by atoms with Crippen LogP contribution in [0.3, 0.4) is 0 Å². The molecule has 0 radical (unpaired) electrons. The van der Waals surface area contributed by atoms with E-state index in [0.29, 0.717) is 12.6 Å². The molecule has 0 atom stereocenters. The summed E-state index contributed by atoms with van der Waals surface area (Å²) < 4.78 is 0. The Kier molecular flexibility index (Phi) is 7.30. The first-order chi connectivity index (χ1) is 15.1. The first-order valence-corrected chi connectivity index (χ1v) is 11.6. The minimum Gasteiger partial charge on any atom is -0.352 e. The van der Waals surface area contributed by atoms with Crippen molar-refractivity contribution in [3.63, 3.8) is 0 Å². The highest BCUT2D eigenvalue weighted by Crippen LogP contribution is 2.25. The van der Waals surface area contributed by atoms with E-state index >= 15 is 0 Å². The molecule has 1 amide bonds. The second-order valence-corrected chi connectivity index (χ2v) is 9.11. The standard InChI is InChI=1S/C25H35N5O/c1-19-16-26-11-6-22(19)17-27-25(31)21-7-14-30(15-8-21)24-9-12-29(13-10-24)18-23-5-3-4-20(2)28-23/h3-6,11,16,21,24H,7-10,12-15,17-18H2,1-2H3,(H,27,31). The van der Waals surface area contributed by atoms with Gasteiger partial charge in [0.25, 0.3) is 0 Å². The van der Waals surface area contributed by atoms with Crippen LogP contribution in [0.2, 0.25) is 0 Å². The Labute approximate surface area is 186 Å². The van der Waals surface area contributed by atoms with E-state index in [4.69, 9.17) is 0 Å². The first kappa shape index (κ1) is 21.9. The van der Waals surface area contributed by atoms with Gasteiger partial charge >= 0.3 is 0 Å². The van der Waals surface area contributed by atoms with Crippen molar-refractivity contribution in [2.45, 2.75) is 58.7 Å². The monoisotopic (exact) mass is 421 g/mol. The number of carbonyl (C=O) groups is 1. The summed E-state index contributed by atoms with van der Waals surface area (Å²) in [5, 5.41) is 3.14. The molecule has 0 unspecified atom stereocenters. The maximum atomic E-state index is 12.6. The van der Waals surface area contributed by atoms with E-state index in [2.05, 4.69) is 50.2 Å². The average Bonchev–Trinajstić information content (AvgIpc) is 2.79. The summed E-state index contributed by atoms with van der Waals surface area (Å²) >= 11 is 0. The van der Waals surface area contributed by atoms with Crippen molar-refractivity contribution in [3.8, 4) is 0 Å². The molecule has 166 valence electrons. The van der Waals surface area contributed by atoms with E-state index < -0.39 is 0 Å². The number of piperidine rings is 2. The molecule has 31 heavy (non-hydrogen) atoms. The third kappa shape index (κ3) is 5.89. The fraction of sp³-hybridized carbons (Fsp3) is 0.560. The number of nitrogens with one attached hydrogen (secondary N) is 1. The summed E-state index contributed by atoms with van der Waals surface area (Å²) in [5.41, 5.74) is 4.54.